The number of hydrogen-bond donors (Lipinski definition) is 2. The Morgan fingerprint density at radius 2 is 2.05 bits per heavy atom. The van der Waals surface area contributed by atoms with Gasteiger partial charge in [0.2, 0.25) is 5.91 Å². The van der Waals surface area contributed by atoms with Crippen LogP contribution in [0.15, 0.2) is 34.2 Å². The number of fused-ring (bicyclic) bond motifs is 1. The van der Waals surface area contributed by atoms with Crippen molar-refractivity contribution >= 4 is 21.8 Å². The number of hydrogen-bond acceptors (Lipinski definition) is 4. The quantitative estimate of drug-likeness (QED) is 0.744. The Hall–Kier alpha value is -1.89. The minimum atomic E-state index is -3.51. The molecule has 6 nitrogen and oxygen atoms in total. The molecule has 1 aliphatic rings. The zero-order chi connectivity index (χ0) is 16.0. The summed E-state index contributed by atoms with van der Waals surface area (Å²) in [6, 6.07) is 6.68. The fourth-order valence-corrected chi connectivity index (χ4v) is 3.46. The SMILES string of the molecule is CCCCCNC(=O)CCN=C1NS(=O)(=O)c2ccccc21. The zero-order valence-corrected chi connectivity index (χ0v) is 13.4. The minimum absolute atomic E-state index is 0.0606. The van der Waals surface area contributed by atoms with E-state index >= 15 is 0 Å². The normalized spacial score (nSPS) is 17.0. The summed E-state index contributed by atoms with van der Waals surface area (Å²) in [6.45, 7) is 3.04. The Balaban J connectivity index is 1.89. The first kappa shape index (κ1) is 16.5. The van der Waals surface area contributed by atoms with E-state index in [2.05, 4.69) is 22.0 Å². The molecular weight excluding hydrogens is 302 g/mol. The van der Waals surface area contributed by atoms with Gasteiger partial charge in [0.1, 0.15) is 5.84 Å². The van der Waals surface area contributed by atoms with Crippen molar-refractivity contribution < 1.29 is 13.2 Å². The average Bonchev–Trinajstić information content (AvgIpc) is 2.76. The maximum absolute atomic E-state index is 11.9. The Morgan fingerprint density at radius 1 is 1.27 bits per heavy atom. The molecule has 0 unspecified atom stereocenters. The van der Waals surface area contributed by atoms with Crippen molar-refractivity contribution in [2.45, 2.75) is 37.5 Å². The molecule has 0 saturated heterocycles. The van der Waals surface area contributed by atoms with E-state index in [1.54, 1.807) is 24.3 Å². The summed E-state index contributed by atoms with van der Waals surface area (Å²) in [4.78, 5) is 16.1. The molecule has 0 fully saturated rings. The predicted molar refractivity (Wildman–Crippen MR) is 85.3 cm³/mol. The highest BCUT2D eigenvalue weighted by molar-refractivity contribution is 7.90. The summed E-state index contributed by atoms with van der Waals surface area (Å²) in [7, 11) is -3.51. The Bertz CT molecular complexity index is 668. The molecule has 2 N–H and O–H groups in total. The van der Waals surface area contributed by atoms with Gasteiger partial charge in [-0.1, -0.05) is 31.9 Å². The molecule has 1 amide bonds. The van der Waals surface area contributed by atoms with Gasteiger partial charge < -0.3 is 5.32 Å². The maximum Gasteiger partial charge on any atom is 0.263 e. The number of amides is 1. The number of nitrogens with one attached hydrogen (secondary N) is 2. The number of unbranched alkanes of at least 4 members (excludes halogenated alkanes) is 2. The van der Waals surface area contributed by atoms with Gasteiger partial charge >= 0.3 is 0 Å². The van der Waals surface area contributed by atoms with Crippen molar-refractivity contribution in [3.63, 3.8) is 0 Å². The lowest BCUT2D eigenvalue weighted by Crippen LogP contribution is -2.26. The van der Waals surface area contributed by atoms with E-state index in [0.29, 0.717) is 17.9 Å². The van der Waals surface area contributed by atoms with Gasteiger partial charge in [0.25, 0.3) is 10.0 Å². The van der Waals surface area contributed by atoms with Crippen LogP contribution in [0, 0.1) is 0 Å². The van der Waals surface area contributed by atoms with Crippen LogP contribution in [-0.4, -0.2) is 33.3 Å². The van der Waals surface area contributed by atoms with Crippen LogP contribution in [0.3, 0.4) is 0 Å². The fourth-order valence-electron chi connectivity index (χ4n) is 2.21. The van der Waals surface area contributed by atoms with E-state index < -0.39 is 10.0 Å². The van der Waals surface area contributed by atoms with Crippen molar-refractivity contribution in [1.82, 2.24) is 10.0 Å². The maximum atomic E-state index is 11.9. The van der Waals surface area contributed by atoms with Gasteiger partial charge in [-0.25, -0.2) is 8.42 Å². The van der Waals surface area contributed by atoms with Crippen LogP contribution in [0.25, 0.3) is 0 Å². The Kier molecular flexibility index (Phi) is 5.54. The summed E-state index contributed by atoms with van der Waals surface area (Å²) in [6.07, 6.45) is 3.44. The lowest BCUT2D eigenvalue weighted by Gasteiger charge is -2.03. The summed E-state index contributed by atoms with van der Waals surface area (Å²) >= 11 is 0. The number of carbonyl (C=O) groups excluding carboxylic acids is 1. The zero-order valence-electron chi connectivity index (χ0n) is 12.6. The number of amidine groups is 1. The van der Waals surface area contributed by atoms with E-state index in [-0.39, 0.29) is 23.8 Å². The molecule has 0 aliphatic carbocycles. The Morgan fingerprint density at radius 3 is 2.82 bits per heavy atom. The molecule has 0 saturated carbocycles. The molecule has 0 spiro atoms. The standard InChI is InChI=1S/C15H21N3O3S/c1-2-3-6-10-16-14(19)9-11-17-15-12-7-4-5-8-13(12)22(20,21)18-15/h4-5,7-8H,2-3,6,9-11H2,1H3,(H,16,19)(H,17,18). The molecule has 22 heavy (non-hydrogen) atoms. The molecule has 1 aliphatic heterocycles. The topological polar surface area (TPSA) is 87.6 Å². The van der Waals surface area contributed by atoms with Gasteiger partial charge in [-0.15, -0.1) is 0 Å². The molecule has 7 heteroatoms. The van der Waals surface area contributed by atoms with E-state index in [9.17, 15) is 13.2 Å². The predicted octanol–water partition coefficient (Wildman–Crippen LogP) is 1.42. The van der Waals surface area contributed by atoms with Crippen molar-refractivity contribution in [1.29, 1.82) is 0 Å². The molecule has 0 bridgehead atoms. The molecular formula is C15H21N3O3S. The second-order valence-electron chi connectivity index (χ2n) is 5.14. The van der Waals surface area contributed by atoms with Gasteiger partial charge in [0.15, 0.2) is 0 Å². The third kappa shape index (κ3) is 4.07. The molecule has 0 atom stereocenters. The highest BCUT2D eigenvalue weighted by atomic mass is 32.2. The van der Waals surface area contributed by atoms with Crippen LogP contribution in [0.2, 0.25) is 0 Å². The van der Waals surface area contributed by atoms with Gasteiger partial charge in [0.05, 0.1) is 11.4 Å². The lowest BCUT2D eigenvalue weighted by molar-refractivity contribution is -0.120. The second kappa shape index (κ2) is 7.40. The first-order valence-corrected chi connectivity index (χ1v) is 8.96. The highest BCUT2D eigenvalue weighted by Gasteiger charge is 2.29. The van der Waals surface area contributed by atoms with Crippen molar-refractivity contribution in [3.05, 3.63) is 29.8 Å². The monoisotopic (exact) mass is 323 g/mol. The fraction of sp³-hybridized carbons (Fsp3) is 0.467. The largest absolute Gasteiger partial charge is 0.356 e. The number of rotatable bonds is 7. The summed E-state index contributed by atoms with van der Waals surface area (Å²) in [5.74, 6) is 0.254. The van der Waals surface area contributed by atoms with Crippen LogP contribution < -0.4 is 10.0 Å². The van der Waals surface area contributed by atoms with Crippen LogP contribution in [0.1, 0.15) is 38.2 Å². The summed E-state index contributed by atoms with van der Waals surface area (Å²) < 4.78 is 26.2. The lowest BCUT2D eigenvalue weighted by atomic mass is 10.2. The van der Waals surface area contributed by atoms with E-state index in [1.807, 2.05) is 0 Å². The molecule has 1 aromatic rings. The van der Waals surface area contributed by atoms with Crippen LogP contribution in [-0.2, 0) is 14.8 Å². The van der Waals surface area contributed by atoms with Crippen molar-refractivity contribution in [2.75, 3.05) is 13.1 Å². The van der Waals surface area contributed by atoms with E-state index in [4.69, 9.17) is 0 Å². The molecule has 120 valence electrons. The Labute approximate surface area is 131 Å². The molecule has 0 radical (unpaired) electrons. The summed E-state index contributed by atoms with van der Waals surface area (Å²) in [5.41, 5.74) is 0.561. The number of nitrogens with zero attached hydrogens (tertiary/aromatic N) is 1. The molecule has 2 rings (SSSR count). The summed E-state index contributed by atoms with van der Waals surface area (Å²) in [5, 5.41) is 2.83. The third-order valence-electron chi connectivity index (χ3n) is 3.37. The minimum Gasteiger partial charge on any atom is -0.356 e. The number of carbonyl (C=O) groups is 1. The molecule has 0 aromatic heterocycles. The highest BCUT2D eigenvalue weighted by Crippen LogP contribution is 2.21. The van der Waals surface area contributed by atoms with Crippen LogP contribution in [0.4, 0.5) is 0 Å². The number of benzene rings is 1. The number of sulfonamides is 1. The smallest absolute Gasteiger partial charge is 0.263 e. The third-order valence-corrected chi connectivity index (χ3v) is 4.77. The average molecular weight is 323 g/mol. The second-order valence-corrected chi connectivity index (χ2v) is 6.79. The number of aliphatic imine (C=N–C) groups is 1. The molecule has 1 heterocycles. The van der Waals surface area contributed by atoms with Crippen LogP contribution >= 0.6 is 0 Å². The molecule has 1 aromatic carbocycles. The van der Waals surface area contributed by atoms with Gasteiger partial charge in [-0.05, 0) is 18.6 Å². The van der Waals surface area contributed by atoms with Gasteiger partial charge in [0, 0.05) is 18.5 Å². The van der Waals surface area contributed by atoms with E-state index in [0.717, 1.165) is 19.3 Å². The van der Waals surface area contributed by atoms with Crippen molar-refractivity contribution in [2.24, 2.45) is 4.99 Å². The van der Waals surface area contributed by atoms with E-state index in [1.165, 1.54) is 0 Å². The first-order valence-electron chi connectivity index (χ1n) is 7.48. The van der Waals surface area contributed by atoms with Crippen LogP contribution in [0.5, 0.6) is 0 Å². The van der Waals surface area contributed by atoms with Gasteiger partial charge in [-0.2, -0.15) is 0 Å². The van der Waals surface area contributed by atoms with Crippen molar-refractivity contribution in [3.8, 4) is 0 Å². The van der Waals surface area contributed by atoms with Gasteiger partial charge in [-0.3, -0.25) is 14.5 Å². The first-order chi connectivity index (χ1) is 10.5.